The molecule has 120 valence electrons. The molecule has 0 unspecified atom stereocenters. The molecule has 1 N–H and O–H groups in total. The van der Waals surface area contributed by atoms with Gasteiger partial charge in [0, 0.05) is 4.47 Å². The maximum Gasteiger partial charge on any atom is 0.354 e. The first-order valence-corrected chi connectivity index (χ1v) is 7.43. The van der Waals surface area contributed by atoms with Gasteiger partial charge in [-0.3, -0.25) is 0 Å². The number of hydrogen-bond acceptors (Lipinski definition) is 5. The molecular weight excluding hydrogens is 350 g/mol. The predicted octanol–water partition coefficient (Wildman–Crippen LogP) is 3.39. The van der Waals surface area contributed by atoms with Gasteiger partial charge in [-0.25, -0.2) is 9.59 Å². The second kappa shape index (κ2) is 7.45. The highest BCUT2D eigenvalue weighted by Crippen LogP contribution is 2.30. The highest BCUT2D eigenvalue weighted by Gasteiger charge is 2.18. The summed E-state index contributed by atoms with van der Waals surface area (Å²) in [5.74, 6) is -1.30. The van der Waals surface area contributed by atoms with Gasteiger partial charge >= 0.3 is 11.9 Å². The van der Waals surface area contributed by atoms with Gasteiger partial charge in [0.15, 0.2) is 0 Å². The average molecular weight is 370 g/mol. The molecule has 0 aliphatic heterocycles. The van der Waals surface area contributed by atoms with Crippen LogP contribution in [0.3, 0.4) is 0 Å². The fourth-order valence-electron chi connectivity index (χ4n) is 1.67. The number of esters is 2. The Morgan fingerprint density at radius 1 is 1.18 bits per heavy atom. The molecule has 0 radical (unpaired) electrons. The van der Waals surface area contributed by atoms with E-state index in [0.717, 1.165) is 16.1 Å². The Bertz CT molecular complexity index is 603. The number of nitrogens with one attached hydrogen (secondary N) is 1. The number of methoxy groups -OCH3 is 2. The van der Waals surface area contributed by atoms with Crippen molar-refractivity contribution in [1.29, 1.82) is 0 Å². The molecule has 0 aliphatic rings. The van der Waals surface area contributed by atoms with E-state index >= 15 is 0 Å². The number of benzene rings is 1. The van der Waals surface area contributed by atoms with Crippen LogP contribution in [0.15, 0.2) is 34.4 Å². The largest absolute Gasteiger partial charge is 0.466 e. The minimum Gasteiger partial charge on any atom is -0.466 e. The lowest BCUT2D eigenvalue weighted by molar-refractivity contribution is -0.138. The van der Waals surface area contributed by atoms with E-state index in [9.17, 15) is 9.59 Å². The Labute approximate surface area is 138 Å². The zero-order valence-electron chi connectivity index (χ0n) is 13.3. The van der Waals surface area contributed by atoms with Crippen molar-refractivity contribution in [3.05, 3.63) is 40.0 Å². The van der Waals surface area contributed by atoms with Crippen LogP contribution in [0.5, 0.6) is 0 Å². The Kier molecular flexibility index (Phi) is 6.17. The highest BCUT2D eigenvalue weighted by atomic mass is 79.9. The first-order valence-electron chi connectivity index (χ1n) is 6.64. The van der Waals surface area contributed by atoms with Crippen LogP contribution in [0.2, 0.25) is 0 Å². The minimum absolute atomic E-state index is 0.00103. The molecule has 0 heterocycles. The van der Waals surface area contributed by atoms with E-state index < -0.39 is 11.9 Å². The number of halogens is 1. The summed E-state index contributed by atoms with van der Waals surface area (Å²) in [5, 5.41) is 2.91. The first-order chi connectivity index (χ1) is 10.2. The van der Waals surface area contributed by atoms with Crippen molar-refractivity contribution in [3.8, 4) is 0 Å². The maximum atomic E-state index is 11.8. The minimum atomic E-state index is -0.654. The molecule has 0 spiro atoms. The molecule has 1 aromatic carbocycles. The maximum absolute atomic E-state index is 11.8. The Hall–Kier alpha value is -1.82. The lowest BCUT2D eigenvalue weighted by Crippen LogP contribution is -2.17. The van der Waals surface area contributed by atoms with Gasteiger partial charge < -0.3 is 14.8 Å². The van der Waals surface area contributed by atoms with E-state index in [2.05, 4.69) is 51.5 Å². The zero-order valence-corrected chi connectivity index (χ0v) is 14.9. The molecule has 0 bridgehead atoms. The van der Waals surface area contributed by atoms with Gasteiger partial charge in [-0.2, -0.15) is 0 Å². The van der Waals surface area contributed by atoms with Crippen molar-refractivity contribution in [2.45, 2.75) is 26.2 Å². The molecular formula is C16H20BrNO4. The monoisotopic (exact) mass is 369 g/mol. The van der Waals surface area contributed by atoms with Gasteiger partial charge in [-0.05, 0) is 39.0 Å². The molecule has 0 fully saturated rings. The molecule has 0 atom stereocenters. The highest BCUT2D eigenvalue weighted by molar-refractivity contribution is 9.10. The smallest absolute Gasteiger partial charge is 0.354 e. The lowest BCUT2D eigenvalue weighted by Gasteiger charge is -2.21. The van der Waals surface area contributed by atoms with Crippen LogP contribution in [-0.4, -0.2) is 26.2 Å². The first kappa shape index (κ1) is 18.2. The summed E-state index contributed by atoms with van der Waals surface area (Å²) in [6.07, 6.45) is 1.06. The SMILES string of the molecule is COC(=O)/C=C(/Nc1cc(C(C)(C)C)ccc1Br)C(=O)OC. The lowest BCUT2D eigenvalue weighted by atomic mass is 9.87. The van der Waals surface area contributed by atoms with Gasteiger partial charge in [0.05, 0.1) is 26.0 Å². The van der Waals surface area contributed by atoms with E-state index in [-0.39, 0.29) is 11.1 Å². The molecule has 0 amide bonds. The van der Waals surface area contributed by atoms with E-state index in [4.69, 9.17) is 0 Å². The third-order valence-electron chi connectivity index (χ3n) is 2.97. The standard InChI is InChI=1S/C16H20BrNO4/c1-16(2,3)10-6-7-11(17)12(8-10)18-13(15(20)22-5)9-14(19)21-4/h6-9,18H,1-5H3/b13-9+. The second-order valence-corrected chi connectivity index (χ2v) is 6.50. The number of carbonyl (C=O) groups excluding carboxylic acids is 2. The molecule has 0 saturated carbocycles. The fraction of sp³-hybridized carbons (Fsp3) is 0.375. The van der Waals surface area contributed by atoms with E-state index in [1.54, 1.807) is 0 Å². The third-order valence-corrected chi connectivity index (χ3v) is 3.66. The van der Waals surface area contributed by atoms with Crippen molar-refractivity contribution < 1.29 is 19.1 Å². The van der Waals surface area contributed by atoms with Gasteiger partial charge in [-0.1, -0.05) is 26.8 Å². The van der Waals surface area contributed by atoms with Gasteiger partial charge in [0.25, 0.3) is 0 Å². The number of carbonyl (C=O) groups is 2. The molecule has 0 aliphatic carbocycles. The van der Waals surface area contributed by atoms with Crippen molar-refractivity contribution in [2.75, 3.05) is 19.5 Å². The van der Waals surface area contributed by atoms with Crippen LogP contribution in [-0.2, 0) is 24.5 Å². The summed E-state index contributed by atoms with van der Waals surface area (Å²) in [6.45, 7) is 6.27. The molecule has 0 saturated heterocycles. The summed E-state index contributed by atoms with van der Waals surface area (Å²) in [4.78, 5) is 23.2. The summed E-state index contributed by atoms with van der Waals surface area (Å²) in [6, 6.07) is 5.80. The number of rotatable bonds is 4. The number of ether oxygens (including phenoxy) is 2. The zero-order chi connectivity index (χ0) is 16.9. The molecule has 0 aromatic heterocycles. The molecule has 22 heavy (non-hydrogen) atoms. The number of hydrogen-bond donors (Lipinski definition) is 1. The molecule has 5 nitrogen and oxygen atoms in total. The topological polar surface area (TPSA) is 64.6 Å². The van der Waals surface area contributed by atoms with Crippen LogP contribution in [0, 0.1) is 0 Å². The Morgan fingerprint density at radius 2 is 1.82 bits per heavy atom. The van der Waals surface area contributed by atoms with Crippen molar-refractivity contribution >= 4 is 33.6 Å². The second-order valence-electron chi connectivity index (χ2n) is 5.64. The van der Waals surface area contributed by atoms with Crippen LogP contribution >= 0.6 is 15.9 Å². The normalized spacial score (nSPS) is 11.8. The van der Waals surface area contributed by atoms with Gasteiger partial charge in [0.2, 0.25) is 0 Å². The third kappa shape index (κ3) is 4.87. The van der Waals surface area contributed by atoms with Crippen molar-refractivity contribution in [3.63, 3.8) is 0 Å². The summed E-state index contributed by atoms with van der Waals surface area (Å²) in [5.41, 5.74) is 1.70. The summed E-state index contributed by atoms with van der Waals surface area (Å²) >= 11 is 3.42. The average Bonchev–Trinajstić information content (AvgIpc) is 2.46. The van der Waals surface area contributed by atoms with Crippen LogP contribution in [0.1, 0.15) is 26.3 Å². The summed E-state index contributed by atoms with van der Waals surface area (Å²) < 4.78 is 9.99. The van der Waals surface area contributed by atoms with E-state index in [1.807, 2.05) is 18.2 Å². The predicted molar refractivity (Wildman–Crippen MR) is 88.6 cm³/mol. The van der Waals surface area contributed by atoms with Crippen molar-refractivity contribution in [2.24, 2.45) is 0 Å². The van der Waals surface area contributed by atoms with Gasteiger partial charge in [-0.15, -0.1) is 0 Å². The van der Waals surface area contributed by atoms with Crippen molar-refractivity contribution in [1.82, 2.24) is 0 Å². The summed E-state index contributed by atoms with van der Waals surface area (Å²) in [7, 11) is 2.49. The van der Waals surface area contributed by atoms with E-state index in [1.165, 1.54) is 14.2 Å². The Morgan fingerprint density at radius 3 is 2.32 bits per heavy atom. The fourth-order valence-corrected chi connectivity index (χ4v) is 2.01. The molecule has 1 rings (SSSR count). The molecule has 1 aromatic rings. The van der Waals surface area contributed by atoms with Crippen LogP contribution < -0.4 is 5.32 Å². The Balaban J connectivity index is 3.21. The molecule has 6 heteroatoms. The van der Waals surface area contributed by atoms with Gasteiger partial charge in [0.1, 0.15) is 5.70 Å². The quantitative estimate of drug-likeness (QED) is 0.650. The van der Waals surface area contributed by atoms with E-state index in [0.29, 0.717) is 5.69 Å². The number of anilines is 1. The van der Waals surface area contributed by atoms with Crippen LogP contribution in [0.25, 0.3) is 0 Å². The van der Waals surface area contributed by atoms with Crippen LogP contribution in [0.4, 0.5) is 5.69 Å².